The largest absolute Gasteiger partial charge is 0.298 e. The minimum absolute atomic E-state index is 0.175. The second-order valence-electron chi connectivity index (χ2n) is 6.41. The molecule has 1 N–H and O–H groups in total. The summed E-state index contributed by atoms with van der Waals surface area (Å²) < 4.78 is 0.892. The fraction of sp³-hybridized carbons (Fsp3) is 0.190. The minimum atomic E-state index is -0.389. The van der Waals surface area contributed by atoms with Crippen molar-refractivity contribution in [3.8, 4) is 0 Å². The molecular formula is C21H19BrN4OS. The van der Waals surface area contributed by atoms with Gasteiger partial charge in [-0.3, -0.25) is 15.1 Å². The van der Waals surface area contributed by atoms with Gasteiger partial charge in [0.25, 0.3) is 5.91 Å². The lowest BCUT2D eigenvalue weighted by molar-refractivity contribution is -0.116. The van der Waals surface area contributed by atoms with Crippen LogP contribution in [0.25, 0.3) is 5.70 Å². The monoisotopic (exact) mass is 454 g/mol. The average molecular weight is 455 g/mol. The van der Waals surface area contributed by atoms with Gasteiger partial charge in [0.05, 0.1) is 5.36 Å². The van der Waals surface area contributed by atoms with Crippen LogP contribution in [0, 0.1) is 0 Å². The van der Waals surface area contributed by atoms with E-state index in [1.807, 2.05) is 18.2 Å². The zero-order valence-electron chi connectivity index (χ0n) is 15.4. The molecule has 7 heteroatoms. The van der Waals surface area contributed by atoms with Gasteiger partial charge >= 0.3 is 0 Å². The lowest BCUT2D eigenvalue weighted by Crippen LogP contribution is -2.50. The third kappa shape index (κ3) is 3.52. The summed E-state index contributed by atoms with van der Waals surface area (Å²) >= 11 is 4.93. The van der Waals surface area contributed by atoms with Crippen LogP contribution in [0.1, 0.15) is 24.2 Å². The molecule has 0 spiro atoms. The number of nitrogens with zero attached hydrogens (tertiary/aromatic N) is 3. The number of amides is 1. The van der Waals surface area contributed by atoms with Crippen LogP contribution < -0.4 is 15.9 Å². The molecule has 0 bridgehead atoms. The number of hydrogen-bond donors (Lipinski definition) is 1. The van der Waals surface area contributed by atoms with E-state index in [2.05, 4.69) is 59.0 Å². The van der Waals surface area contributed by atoms with Crippen LogP contribution >= 0.6 is 27.7 Å². The number of aryl methyl sites for hydroxylation is 1. The Morgan fingerprint density at radius 1 is 1.29 bits per heavy atom. The standard InChI is InChI=1S/C21H19BrN4OS/c1-3-11-28-21-24-20(27)18-16-12-15(22)9-10-17(16)23-19(26(18)25-21)14-7-5-13(4-2)6-8-14/h3,5-10,12,19H,1,4,11H2,2H3,(H,24,25,27)/t19-/m0/s1. The highest BCUT2D eigenvalue weighted by Crippen LogP contribution is 2.31. The first-order chi connectivity index (χ1) is 13.6. The van der Waals surface area contributed by atoms with Crippen molar-refractivity contribution in [2.24, 2.45) is 10.1 Å². The Hall–Kier alpha value is -2.38. The number of carbonyl (C=O) groups excluding carboxylic acids is 1. The summed E-state index contributed by atoms with van der Waals surface area (Å²) in [7, 11) is 0. The van der Waals surface area contributed by atoms with Gasteiger partial charge in [-0.2, -0.15) is 0 Å². The maximum absolute atomic E-state index is 13.0. The molecule has 1 amide bonds. The molecule has 0 aromatic heterocycles. The van der Waals surface area contributed by atoms with Crippen molar-refractivity contribution in [2.45, 2.75) is 19.5 Å². The quantitative estimate of drug-likeness (QED) is 0.722. The molecule has 0 aliphatic carbocycles. The first-order valence-electron chi connectivity index (χ1n) is 9.00. The molecule has 0 unspecified atom stereocenters. The average Bonchev–Trinajstić information content (AvgIpc) is 2.71. The first kappa shape index (κ1) is 19.0. The predicted molar refractivity (Wildman–Crippen MR) is 117 cm³/mol. The van der Waals surface area contributed by atoms with Crippen molar-refractivity contribution in [3.05, 3.63) is 81.3 Å². The Morgan fingerprint density at radius 2 is 2.07 bits per heavy atom. The van der Waals surface area contributed by atoms with Gasteiger partial charge in [-0.1, -0.05) is 65.0 Å². The number of hydrazone groups is 1. The van der Waals surface area contributed by atoms with Gasteiger partial charge in [-0.05, 0) is 35.7 Å². The van der Waals surface area contributed by atoms with Crippen molar-refractivity contribution in [1.29, 1.82) is 0 Å². The van der Waals surface area contributed by atoms with Crippen LogP contribution in [0.5, 0.6) is 0 Å². The van der Waals surface area contributed by atoms with Gasteiger partial charge in [-0.25, -0.2) is 5.01 Å². The molecule has 0 radical (unpaired) electrons. The van der Waals surface area contributed by atoms with Gasteiger partial charge in [0.2, 0.25) is 0 Å². The van der Waals surface area contributed by atoms with E-state index in [0.717, 1.165) is 27.0 Å². The predicted octanol–water partition coefficient (Wildman–Crippen LogP) is 3.07. The highest BCUT2D eigenvalue weighted by molar-refractivity contribution is 9.10. The van der Waals surface area contributed by atoms with Crippen LogP contribution in [-0.4, -0.2) is 21.8 Å². The van der Waals surface area contributed by atoms with Gasteiger partial charge in [0.1, 0.15) is 5.70 Å². The molecule has 28 heavy (non-hydrogen) atoms. The maximum Gasteiger partial charge on any atom is 0.276 e. The first-order valence-corrected chi connectivity index (χ1v) is 10.8. The second-order valence-corrected chi connectivity index (χ2v) is 8.34. The van der Waals surface area contributed by atoms with Crippen molar-refractivity contribution in [3.63, 3.8) is 0 Å². The van der Waals surface area contributed by atoms with Crippen molar-refractivity contribution >= 4 is 44.5 Å². The summed E-state index contributed by atoms with van der Waals surface area (Å²) in [5.74, 6) is 0.489. The summed E-state index contributed by atoms with van der Waals surface area (Å²) in [6.07, 6.45) is 2.37. The molecular weight excluding hydrogens is 436 g/mol. The third-order valence-corrected chi connectivity index (χ3v) is 5.95. The highest BCUT2D eigenvalue weighted by atomic mass is 79.9. The molecule has 4 rings (SSSR count). The Morgan fingerprint density at radius 3 is 2.79 bits per heavy atom. The van der Waals surface area contributed by atoms with E-state index < -0.39 is 0 Å². The van der Waals surface area contributed by atoms with Crippen LogP contribution in [0.15, 0.2) is 69.7 Å². The summed E-state index contributed by atoms with van der Waals surface area (Å²) in [6, 6.07) is 14.1. The fourth-order valence-electron chi connectivity index (χ4n) is 3.20. The summed E-state index contributed by atoms with van der Waals surface area (Å²) in [4.78, 5) is 17.9. The van der Waals surface area contributed by atoms with Crippen LogP contribution in [-0.2, 0) is 11.2 Å². The molecule has 2 aromatic carbocycles. The summed E-state index contributed by atoms with van der Waals surface area (Å²) in [5.41, 5.74) is 2.77. The molecule has 0 saturated heterocycles. The normalized spacial score (nSPS) is 17.9. The van der Waals surface area contributed by atoms with Crippen LogP contribution in [0.3, 0.4) is 0 Å². The summed E-state index contributed by atoms with van der Waals surface area (Å²) in [5, 5.41) is 11.4. The number of amidine groups is 1. The Balaban J connectivity index is 1.89. The van der Waals surface area contributed by atoms with E-state index in [4.69, 9.17) is 10.1 Å². The number of thioether (sulfide) groups is 1. The molecule has 2 aliphatic heterocycles. The van der Waals surface area contributed by atoms with Gasteiger partial charge in [0, 0.05) is 15.4 Å². The maximum atomic E-state index is 13.0. The van der Waals surface area contributed by atoms with E-state index in [1.165, 1.54) is 17.3 Å². The van der Waals surface area contributed by atoms with Crippen molar-refractivity contribution < 1.29 is 4.79 Å². The van der Waals surface area contributed by atoms with Gasteiger partial charge in [-0.15, -0.1) is 11.7 Å². The smallest absolute Gasteiger partial charge is 0.276 e. The molecule has 142 valence electrons. The second kappa shape index (κ2) is 7.93. The lowest BCUT2D eigenvalue weighted by Gasteiger charge is -2.34. The number of fused-ring (bicyclic) bond motifs is 2. The number of benzene rings is 2. The zero-order chi connectivity index (χ0) is 19.7. The van der Waals surface area contributed by atoms with Gasteiger partial charge in [0.15, 0.2) is 11.3 Å². The molecule has 2 aliphatic rings. The van der Waals surface area contributed by atoms with Gasteiger partial charge < -0.3 is 0 Å². The Labute approximate surface area is 176 Å². The lowest BCUT2D eigenvalue weighted by atomic mass is 10.1. The van der Waals surface area contributed by atoms with Crippen molar-refractivity contribution in [1.82, 2.24) is 10.3 Å². The van der Waals surface area contributed by atoms with Crippen molar-refractivity contribution in [2.75, 3.05) is 5.75 Å². The van der Waals surface area contributed by atoms with E-state index in [9.17, 15) is 4.79 Å². The van der Waals surface area contributed by atoms with E-state index in [-0.39, 0.29) is 12.1 Å². The zero-order valence-corrected chi connectivity index (χ0v) is 17.8. The molecule has 0 saturated carbocycles. The number of nitrogens with one attached hydrogen (secondary N) is 1. The molecule has 2 heterocycles. The molecule has 0 fully saturated rings. The Kier molecular flexibility index (Phi) is 5.37. The number of halogens is 1. The molecule has 1 atom stereocenters. The minimum Gasteiger partial charge on any atom is -0.298 e. The number of rotatable bonds is 4. The molecule has 5 nitrogen and oxygen atoms in total. The Bertz CT molecular complexity index is 1090. The fourth-order valence-corrected chi connectivity index (χ4v) is 4.14. The third-order valence-electron chi connectivity index (χ3n) is 4.59. The number of carbonyl (C=O) groups is 1. The highest BCUT2D eigenvalue weighted by Gasteiger charge is 2.34. The van der Waals surface area contributed by atoms with Crippen LogP contribution in [0.2, 0.25) is 0 Å². The van der Waals surface area contributed by atoms with E-state index in [0.29, 0.717) is 16.6 Å². The topological polar surface area (TPSA) is 57.1 Å². The molecule has 2 aromatic rings. The van der Waals surface area contributed by atoms with Crippen LogP contribution in [0.4, 0.5) is 0 Å². The van der Waals surface area contributed by atoms with E-state index in [1.54, 1.807) is 11.1 Å². The van der Waals surface area contributed by atoms with E-state index >= 15 is 0 Å². The SMILES string of the molecule is C=CCSC1=NN2C(=c3cc(Br)ccc3=N[C@@H]2c2ccc(CC)cc2)C(=O)N1. The number of hydrogen-bond acceptors (Lipinski definition) is 5. The summed E-state index contributed by atoms with van der Waals surface area (Å²) in [6.45, 7) is 5.86.